The number of benzene rings is 6. The minimum atomic E-state index is -0.286. The summed E-state index contributed by atoms with van der Waals surface area (Å²) in [5.41, 5.74) is 10.4. The lowest BCUT2D eigenvalue weighted by molar-refractivity contribution is 0.445. The molecule has 6 nitrogen and oxygen atoms in total. The van der Waals surface area contributed by atoms with Crippen molar-refractivity contribution in [3.63, 3.8) is 0 Å². The molecule has 45 heavy (non-hydrogen) atoms. The SMILES string of the molecule is CC1(C)c2cc3c(cc2-c2cc4c(cc21)N1c2ccccc2Oc2cccc(c21)O4)Oc1cccc2c1N3c1ccccc1O2. The Kier molecular flexibility index (Phi) is 4.08. The molecule has 0 spiro atoms. The molecule has 0 radical (unpaired) electrons. The lowest BCUT2D eigenvalue weighted by atomic mass is 9.81. The van der Waals surface area contributed by atoms with Crippen molar-refractivity contribution in [2.45, 2.75) is 19.3 Å². The predicted octanol–water partition coefficient (Wildman–Crippen LogP) is 11.4. The number of nitrogens with zero attached hydrogens (tertiary/aromatic N) is 2. The largest absolute Gasteiger partial charge is 0.453 e. The number of anilines is 6. The molecule has 4 aliphatic heterocycles. The fourth-order valence-electron chi connectivity index (χ4n) is 7.72. The molecule has 0 atom stereocenters. The van der Waals surface area contributed by atoms with Crippen LogP contribution in [0.5, 0.6) is 46.0 Å². The van der Waals surface area contributed by atoms with Gasteiger partial charge in [-0.25, -0.2) is 0 Å². The third-order valence-corrected chi connectivity index (χ3v) is 9.78. The van der Waals surface area contributed by atoms with E-state index in [-0.39, 0.29) is 5.41 Å². The summed E-state index contributed by atoms with van der Waals surface area (Å²) in [6.45, 7) is 4.62. The van der Waals surface area contributed by atoms with E-state index in [1.54, 1.807) is 0 Å². The Morgan fingerprint density at radius 2 is 0.778 bits per heavy atom. The van der Waals surface area contributed by atoms with Gasteiger partial charge in [-0.1, -0.05) is 50.2 Å². The summed E-state index contributed by atoms with van der Waals surface area (Å²) in [6.07, 6.45) is 0. The highest BCUT2D eigenvalue weighted by Gasteiger charge is 2.43. The molecule has 0 amide bonds. The molecule has 0 fully saturated rings. The highest BCUT2D eigenvalue weighted by Crippen LogP contribution is 2.65. The van der Waals surface area contributed by atoms with Crippen LogP contribution in [0.25, 0.3) is 11.1 Å². The van der Waals surface area contributed by atoms with E-state index in [1.165, 1.54) is 11.1 Å². The van der Waals surface area contributed by atoms with Crippen molar-refractivity contribution >= 4 is 34.1 Å². The van der Waals surface area contributed by atoms with Crippen LogP contribution in [-0.4, -0.2) is 0 Å². The normalized spacial score (nSPS) is 15.7. The van der Waals surface area contributed by atoms with Crippen molar-refractivity contribution in [2.24, 2.45) is 0 Å². The molecular formula is C39H24N2O4. The monoisotopic (exact) mass is 584 g/mol. The van der Waals surface area contributed by atoms with Gasteiger partial charge in [0.15, 0.2) is 46.0 Å². The van der Waals surface area contributed by atoms with E-state index in [9.17, 15) is 0 Å². The summed E-state index contributed by atoms with van der Waals surface area (Å²) >= 11 is 0. The van der Waals surface area contributed by atoms with Gasteiger partial charge in [-0.3, -0.25) is 9.80 Å². The van der Waals surface area contributed by atoms with Crippen LogP contribution in [0.3, 0.4) is 0 Å². The van der Waals surface area contributed by atoms with Crippen LogP contribution in [0.2, 0.25) is 0 Å². The molecule has 1 aliphatic carbocycles. The number of ether oxygens (including phenoxy) is 4. The van der Waals surface area contributed by atoms with E-state index in [4.69, 9.17) is 18.9 Å². The molecule has 6 heteroatoms. The van der Waals surface area contributed by atoms with E-state index >= 15 is 0 Å². The summed E-state index contributed by atoms with van der Waals surface area (Å²) in [5.74, 6) is 6.41. The van der Waals surface area contributed by atoms with Gasteiger partial charge < -0.3 is 18.9 Å². The highest BCUT2D eigenvalue weighted by atomic mass is 16.5. The third kappa shape index (κ3) is 2.85. The van der Waals surface area contributed by atoms with Crippen LogP contribution >= 0.6 is 0 Å². The molecule has 5 aliphatic rings. The number of hydrogen-bond acceptors (Lipinski definition) is 6. The summed E-state index contributed by atoms with van der Waals surface area (Å²) in [6, 6.07) is 37.4. The molecule has 0 bridgehead atoms. The van der Waals surface area contributed by atoms with E-state index < -0.39 is 0 Å². The number of hydrogen-bond donors (Lipinski definition) is 0. The number of para-hydroxylation sites is 6. The molecule has 11 rings (SSSR count). The number of rotatable bonds is 0. The third-order valence-electron chi connectivity index (χ3n) is 9.78. The molecule has 6 aromatic carbocycles. The van der Waals surface area contributed by atoms with Gasteiger partial charge in [-0.2, -0.15) is 0 Å². The van der Waals surface area contributed by atoms with Crippen LogP contribution < -0.4 is 28.7 Å². The fourth-order valence-corrected chi connectivity index (χ4v) is 7.72. The highest BCUT2D eigenvalue weighted by molar-refractivity contribution is 5.99. The van der Waals surface area contributed by atoms with Crippen molar-refractivity contribution in [3.05, 3.63) is 120 Å². The Morgan fingerprint density at radius 1 is 0.400 bits per heavy atom. The van der Waals surface area contributed by atoms with Crippen LogP contribution in [0.4, 0.5) is 34.1 Å². The Hall–Kier alpha value is -5.88. The van der Waals surface area contributed by atoms with Gasteiger partial charge in [-0.15, -0.1) is 0 Å². The zero-order chi connectivity index (χ0) is 29.6. The quantitative estimate of drug-likeness (QED) is 0.177. The van der Waals surface area contributed by atoms with E-state index in [2.05, 4.69) is 72.2 Å². The lowest BCUT2D eigenvalue weighted by Crippen LogP contribution is -2.22. The van der Waals surface area contributed by atoms with Gasteiger partial charge in [0, 0.05) is 5.41 Å². The van der Waals surface area contributed by atoms with E-state index in [1.807, 2.05) is 60.7 Å². The van der Waals surface area contributed by atoms with Crippen molar-refractivity contribution < 1.29 is 18.9 Å². The first-order valence-corrected chi connectivity index (χ1v) is 15.2. The zero-order valence-electron chi connectivity index (χ0n) is 24.4. The maximum Gasteiger partial charge on any atom is 0.155 e. The Labute approximate surface area is 259 Å². The summed E-state index contributed by atoms with van der Waals surface area (Å²) < 4.78 is 25.9. The maximum atomic E-state index is 6.63. The van der Waals surface area contributed by atoms with Crippen molar-refractivity contribution in [2.75, 3.05) is 9.80 Å². The molecule has 0 unspecified atom stereocenters. The molecule has 4 heterocycles. The van der Waals surface area contributed by atoms with Crippen LogP contribution in [0.1, 0.15) is 25.0 Å². The van der Waals surface area contributed by atoms with E-state index in [0.717, 1.165) is 91.2 Å². The first-order chi connectivity index (χ1) is 22.0. The van der Waals surface area contributed by atoms with E-state index in [0.29, 0.717) is 0 Å². The topological polar surface area (TPSA) is 43.4 Å². The lowest BCUT2D eigenvalue weighted by Gasteiger charge is -2.38. The maximum absolute atomic E-state index is 6.63. The predicted molar refractivity (Wildman–Crippen MR) is 174 cm³/mol. The summed E-state index contributed by atoms with van der Waals surface area (Å²) in [4.78, 5) is 4.58. The van der Waals surface area contributed by atoms with Gasteiger partial charge >= 0.3 is 0 Å². The Balaban J connectivity index is 1.13. The van der Waals surface area contributed by atoms with Crippen molar-refractivity contribution in [1.82, 2.24) is 0 Å². The minimum Gasteiger partial charge on any atom is -0.453 e. The standard InChI is InChI=1S/C39H24N2O4/c1-39(2)23-19-27-35(44-33-15-7-13-31-37(33)40(27)25-9-3-5-11-29(25)42-31)17-21(23)22-18-36-28(20-24(22)39)41-26-10-4-6-12-30(26)43-32-14-8-16-34(45-36)38(32)41/h3-20H,1-2H3. The number of fused-ring (bicyclic) bond motifs is 11. The molecule has 6 aromatic rings. The average Bonchev–Trinajstić information content (AvgIpc) is 3.27. The van der Waals surface area contributed by atoms with Gasteiger partial charge in [0.1, 0.15) is 11.4 Å². The first-order valence-electron chi connectivity index (χ1n) is 15.2. The Bertz CT molecular complexity index is 2180. The van der Waals surface area contributed by atoms with Crippen molar-refractivity contribution in [1.29, 1.82) is 0 Å². The van der Waals surface area contributed by atoms with Gasteiger partial charge in [0.25, 0.3) is 0 Å². The summed E-state index contributed by atoms with van der Waals surface area (Å²) in [5, 5.41) is 0. The molecule has 0 saturated carbocycles. The zero-order valence-corrected chi connectivity index (χ0v) is 24.4. The fraction of sp³-hybridized carbons (Fsp3) is 0.0769. The Morgan fingerprint density at radius 3 is 1.22 bits per heavy atom. The average molecular weight is 585 g/mol. The smallest absolute Gasteiger partial charge is 0.155 e. The second-order valence-corrected chi connectivity index (χ2v) is 12.6. The molecule has 0 aromatic heterocycles. The second kappa shape index (κ2) is 7.79. The summed E-state index contributed by atoms with van der Waals surface area (Å²) in [7, 11) is 0. The first kappa shape index (κ1) is 23.6. The van der Waals surface area contributed by atoms with Crippen molar-refractivity contribution in [3.8, 4) is 57.1 Å². The molecule has 0 N–H and O–H groups in total. The molecular weight excluding hydrogens is 560 g/mol. The van der Waals surface area contributed by atoms with Gasteiger partial charge in [0.05, 0.1) is 22.7 Å². The molecule has 214 valence electrons. The van der Waals surface area contributed by atoms with Crippen LogP contribution in [-0.2, 0) is 5.41 Å². The minimum absolute atomic E-state index is 0.286. The molecule has 0 saturated heterocycles. The van der Waals surface area contributed by atoms with Gasteiger partial charge in [-0.05, 0) is 95.1 Å². The van der Waals surface area contributed by atoms with Gasteiger partial charge in [0.2, 0.25) is 0 Å². The van der Waals surface area contributed by atoms with Crippen LogP contribution in [0, 0.1) is 0 Å². The second-order valence-electron chi connectivity index (χ2n) is 12.6. The van der Waals surface area contributed by atoms with Crippen LogP contribution in [0.15, 0.2) is 109 Å².